The Labute approximate surface area is 217 Å². The van der Waals surface area contributed by atoms with Crippen molar-refractivity contribution in [2.24, 2.45) is 11.3 Å². The van der Waals surface area contributed by atoms with Crippen molar-refractivity contribution in [1.29, 1.82) is 0 Å². The molecule has 198 valence electrons. The highest BCUT2D eigenvalue weighted by molar-refractivity contribution is 7.79. The van der Waals surface area contributed by atoms with E-state index in [1.54, 1.807) is 19.9 Å². The highest BCUT2D eigenvalue weighted by Gasteiger charge is 2.29. The van der Waals surface area contributed by atoms with Crippen molar-refractivity contribution in [2.75, 3.05) is 6.54 Å². The van der Waals surface area contributed by atoms with Crippen LogP contribution in [0.3, 0.4) is 0 Å². The second kappa shape index (κ2) is 10.9. The summed E-state index contributed by atoms with van der Waals surface area (Å²) in [4.78, 5) is 25.0. The van der Waals surface area contributed by atoms with Gasteiger partial charge in [0, 0.05) is 29.4 Å². The lowest BCUT2D eigenvalue weighted by Crippen LogP contribution is -2.39. The second-order valence-corrected chi connectivity index (χ2v) is 12.6. The zero-order valence-corrected chi connectivity index (χ0v) is 23.1. The van der Waals surface area contributed by atoms with Crippen molar-refractivity contribution in [2.45, 2.75) is 90.5 Å². The molecule has 3 rings (SSSR count). The summed E-state index contributed by atoms with van der Waals surface area (Å²) in [6.07, 6.45) is 5.95. The predicted molar refractivity (Wildman–Crippen MR) is 141 cm³/mol. The Morgan fingerprint density at radius 2 is 1.75 bits per heavy atom. The first-order valence-electron chi connectivity index (χ1n) is 12.7. The quantitative estimate of drug-likeness (QED) is 0.456. The van der Waals surface area contributed by atoms with Gasteiger partial charge in [-0.05, 0) is 85.4 Å². The molecule has 1 aliphatic carbocycles. The Bertz CT molecular complexity index is 1150. The number of hydrogen-bond acceptors (Lipinski definition) is 4. The van der Waals surface area contributed by atoms with E-state index in [0.717, 1.165) is 41.9 Å². The molecular weight excluding hydrogens is 476 g/mol. The van der Waals surface area contributed by atoms with Crippen molar-refractivity contribution in [3.8, 4) is 11.3 Å². The molecule has 1 aromatic carbocycles. The fraction of sp³-hybridized carbons (Fsp3) is 0.571. The van der Waals surface area contributed by atoms with Crippen molar-refractivity contribution < 1.29 is 23.5 Å². The summed E-state index contributed by atoms with van der Waals surface area (Å²) in [7, 11) is 0. The van der Waals surface area contributed by atoms with E-state index in [2.05, 4.69) is 9.88 Å². The largest absolute Gasteiger partial charge is 0.768 e. The zero-order chi connectivity index (χ0) is 26.8. The highest BCUT2D eigenvalue weighted by atomic mass is 32.2. The third-order valence-corrected chi connectivity index (χ3v) is 8.02. The summed E-state index contributed by atoms with van der Waals surface area (Å²) >= 11 is -2.35. The van der Waals surface area contributed by atoms with E-state index in [9.17, 15) is 23.5 Å². The Kier molecular flexibility index (Phi) is 8.51. The first-order valence-corrected chi connectivity index (χ1v) is 13.8. The van der Waals surface area contributed by atoms with Crippen LogP contribution in [0.1, 0.15) is 88.3 Å². The van der Waals surface area contributed by atoms with E-state index in [1.165, 1.54) is 19.3 Å². The number of carboxylic acid groups (broad SMARTS) is 1. The molecule has 1 fully saturated rings. The van der Waals surface area contributed by atoms with E-state index in [1.807, 2.05) is 45.9 Å². The molecule has 36 heavy (non-hydrogen) atoms. The molecule has 1 aromatic heterocycles. The molecule has 0 radical (unpaired) electrons. The van der Waals surface area contributed by atoms with E-state index in [0.29, 0.717) is 11.5 Å². The van der Waals surface area contributed by atoms with Crippen LogP contribution < -0.4 is 5.32 Å². The van der Waals surface area contributed by atoms with E-state index in [4.69, 9.17) is 0 Å². The molecule has 0 spiro atoms. The van der Waals surface area contributed by atoms with Crippen LogP contribution in [-0.4, -0.2) is 36.9 Å². The third-order valence-electron chi connectivity index (χ3n) is 7.31. The molecule has 2 N–H and O–H groups in total. The number of carbonyl (C=O) groups excluding carboxylic acids is 1. The van der Waals surface area contributed by atoms with Gasteiger partial charge in [0.25, 0.3) is 5.91 Å². The Balaban J connectivity index is 2.07. The fourth-order valence-electron chi connectivity index (χ4n) is 4.87. The normalized spacial score (nSPS) is 16.1. The Morgan fingerprint density at radius 3 is 2.31 bits per heavy atom. The van der Waals surface area contributed by atoms with Crippen LogP contribution in [0.4, 0.5) is 0 Å². The molecule has 1 heterocycles. The van der Waals surface area contributed by atoms with Gasteiger partial charge < -0.3 is 19.5 Å². The summed E-state index contributed by atoms with van der Waals surface area (Å²) in [6, 6.07) is 7.23. The number of aromatic nitrogens is 1. The predicted octanol–water partition coefficient (Wildman–Crippen LogP) is 5.42. The molecule has 1 atom stereocenters. The van der Waals surface area contributed by atoms with Crippen molar-refractivity contribution in [3.05, 3.63) is 41.1 Å². The molecule has 1 unspecified atom stereocenters. The number of aliphatic carboxylic acids is 1. The molecular formula is C28H39N2O5S-. The SMILES string of the molecule is Cc1c(C(=O)NCC(C)(C)C(=O)O)cc(-c2ccc(S(=O)[O-])c(C(C)(C)C)c2)n1CC1CCCCC1. The molecule has 1 saturated carbocycles. The molecule has 0 bridgehead atoms. The van der Waals surface area contributed by atoms with Gasteiger partial charge in [-0.25, -0.2) is 0 Å². The van der Waals surface area contributed by atoms with Gasteiger partial charge in [-0.3, -0.25) is 13.8 Å². The minimum atomic E-state index is -2.35. The smallest absolute Gasteiger partial charge is 0.310 e. The number of benzene rings is 1. The van der Waals surface area contributed by atoms with E-state index < -0.39 is 22.5 Å². The fourth-order valence-corrected chi connectivity index (χ4v) is 5.59. The van der Waals surface area contributed by atoms with Gasteiger partial charge >= 0.3 is 5.97 Å². The molecule has 0 aliphatic heterocycles. The van der Waals surface area contributed by atoms with Gasteiger partial charge in [0.2, 0.25) is 0 Å². The lowest BCUT2D eigenvalue weighted by molar-refractivity contribution is -0.146. The topological polar surface area (TPSA) is 111 Å². The Morgan fingerprint density at radius 1 is 1.11 bits per heavy atom. The maximum Gasteiger partial charge on any atom is 0.310 e. The minimum Gasteiger partial charge on any atom is -0.768 e. The number of nitrogens with one attached hydrogen (secondary N) is 1. The lowest BCUT2D eigenvalue weighted by atomic mass is 9.85. The van der Waals surface area contributed by atoms with Crippen LogP contribution in [-0.2, 0) is 27.8 Å². The summed E-state index contributed by atoms with van der Waals surface area (Å²) in [5, 5.41) is 12.2. The Hall–Kier alpha value is -2.45. The number of hydrogen-bond donors (Lipinski definition) is 2. The zero-order valence-electron chi connectivity index (χ0n) is 22.3. The first kappa shape index (κ1) is 28.1. The highest BCUT2D eigenvalue weighted by Crippen LogP contribution is 2.35. The van der Waals surface area contributed by atoms with Crippen LogP contribution in [0, 0.1) is 18.3 Å². The number of carboxylic acids is 1. The minimum absolute atomic E-state index is 0.0158. The summed E-state index contributed by atoms with van der Waals surface area (Å²) < 4.78 is 26.0. The summed E-state index contributed by atoms with van der Waals surface area (Å²) in [5.74, 6) is -0.764. The summed E-state index contributed by atoms with van der Waals surface area (Å²) in [6.45, 7) is 11.8. The van der Waals surface area contributed by atoms with Crippen LogP contribution in [0.2, 0.25) is 0 Å². The van der Waals surface area contributed by atoms with Gasteiger partial charge in [0.15, 0.2) is 0 Å². The van der Waals surface area contributed by atoms with Gasteiger partial charge in [-0.1, -0.05) is 46.1 Å². The van der Waals surface area contributed by atoms with Crippen LogP contribution in [0.15, 0.2) is 29.2 Å². The number of rotatable bonds is 8. The number of amides is 1. The molecule has 8 heteroatoms. The van der Waals surface area contributed by atoms with Gasteiger partial charge in [-0.15, -0.1) is 0 Å². The maximum atomic E-state index is 13.2. The van der Waals surface area contributed by atoms with Crippen molar-refractivity contribution in [1.82, 2.24) is 9.88 Å². The molecule has 1 amide bonds. The second-order valence-electron chi connectivity index (χ2n) is 11.7. The third kappa shape index (κ3) is 6.27. The number of carbonyl (C=O) groups is 2. The standard InChI is InChI=1S/C28H40N2O5S/c1-18-21(25(31)29-17-28(5,6)26(32)33)15-23(30(18)16-19-10-8-7-9-11-19)20-12-13-24(36(34)35)22(14-20)27(2,3)4/h12-15,19H,7-11,16-17H2,1-6H3,(H,29,31)(H,32,33)(H,34,35)/p-1. The average molecular weight is 516 g/mol. The van der Waals surface area contributed by atoms with Crippen molar-refractivity contribution in [3.63, 3.8) is 0 Å². The monoisotopic (exact) mass is 515 g/mol. The van der Waals surface area contributed by atoms with Crippen LogP contribution in [0.5, 0.6) is 0 Å². The molecule has 2 aromatic rings. The maximum absolute atomic E-state index is 13.2. The molecule has 7 nitrogen and oxygen atoms in total. The van der Waals surface area contributed by atoms with Gasteiger partial charge in [-0.2, -0.15) is 0 Å². The van der Waals surface area contributed by atoms with Crippen molar-refractivity contribution >= 4 is 23.0 Å². The van der Waals surface area contributed by atoms with E-state index >= 15 is 0 Å². The van der Waals surface area contributed by atoms with Gasteiger partial charge in [0.1, 0.15) is 0 Å². The van der Waals surface area contributed by atoms with Crippen LogP contribution >= 0.6 is 0 Å². The first-order chi connectivity index (χ1) is 16.7. The molecule has 1 aliphatic rings. The summed E-state index contributed by atoms with van der Waals surface area (Å²) in [5.41, 5.74) is 2.33. The molecule has 0 saturated heterocycles. The van der Waals surface area contributed by atoms with E-state index in [-0.39, 0.29) is 22.8 Å². The van der Waals surface area contributed by atoms with Crippen LogP contribution in [0.25, 0.3) is 11.3 Å². The lowest BCUT2D eigenvalue weighted by Gasteiger charge is -2.26. The van der Waals surface area contributed by atoms with Gasteiger partial charge in [0.05, 0.1) is 11.0 Å². The average Bonchev–Trinajstić information content (AvgIpc) is 3.13. The number of nitrogens with zero attached hydrogens (tertiary/aromatic N) is 1.